The number of anilines is 1. The fraction of sp³-hybridized carbons (Fsp3) is 0.0556. The van der Waals surface area contributed by atoms with Gasteiger partial charge in [0, 0.05) is 6.54 Å². The number of halogens is 1. The van der Waals surface area contributed by atoms with Crippen molar-refractivity contribution in [3.05, 3.63) is 83.8 Å². The molecule has 0 fully saturated rings. The van der Waals surface area contributed by atoms with E-state index in [0.717, 1.165) is 17.3 Å². The Morgan fingerprint density at radius 1 is 1.04 bits per heavy atom. The van der Waals surface area contributed by atoms with Gasteiger partial charge in [0.1, 0.15) is 0 Å². The molecule has 0 spiro atoms. The zero-order valence-corrected chi connectivity index (χ0v) is 12.8. The third-order valence-corrected chi connectivity index (χ3v) is 3.16. The standard InChI is InChI=1S/C18H15FN4O/c19-16-13-21-18(24-22-12-15-9-5-2-6-10-15)23-17(16)20-11-14-7-3-1-4-8-14/h1-10,12-13H,11H2,(H,20,21,23). The lowest BCUT2D eigenvalue weighted by Gasteiger charge is -2.07. The van der Waals surface area contributed by atoms with Crippen LogP contribution in [0.25, 0.3) is 0 Å². The summed E-state index contributed by atoms with van der Waals surface area (Å²) in [5.74, 6) is -0.482. The molecule has 1 N–H and O–H groups in total. The SMILES string of the molecule is Fc1cnc(ON=Cc2ccccc2)nc1NCc1ccccc1. The number of benzene rings is 2. The molecule has 120 valence electrons. The molecule has 2 aromatic carbocycles. The van der Waals surface area contributed by atoms with E-state index >= 15 is 0 Å². The Hall–Kier alpha value is -3.28. The molecule has 0 aliphatic heterocycles. The number of nitrogens with one attached hydrogen (secondary N) is 1. The number of oxime groups is 1. The van der Waals surface area contributed by atoms with E-state index in [1.807, 2.05) is 60.7 Å². The Morgan fingerprint density at radius 2 is 1.75 bits per heavy atom. The van der Waals surface area contributed by atoms with Crippen LogP contribution in [-0.2, 0) is 6.54 Å². The summed E-state index contributed by atoms with van der Waals surface area (Å²) in [5.41, 5.74) is 1.89. The molecule has 0 aliphatic rings. The Kier molecular flexibility index (Phi) is 5.09. The van der Waals surface area contributed by atoms with Gasteiger partial charge in [-0.15, -0.1) is 0 Å². The first-order valence-corrected chi connectivity index (χ1v) is 7.37. The number of hydrogen-bond donors (Lipinski definition) is 1. The molecular formula is C18H15FN4O. The lowest BCUT2D eigenvalue weighted by Crippen LogP contribution is -2.05. The van der Waals surface area contributed by atoms with Crippen LogP contribution < -0.4 is 10.2 Å². The first-order valence-electron chi connectivity index (χ1n) is 7.37. The van der Waals surface area contributed by atoms with Gasteiger partial charge in [-0.25, -0.2) is 4.39 Å². The van der Waals surface area contributed by atoms with Crippen LogP contribution in [0.15, 0.2) is 72.0 Å². The smallest absolute Gasteiger partial charge is 0.347 e. The van der Waals surface area contributed by atoms with Crippen LogP contribution in [0.3, 0.4) is 0 Å². The number of aromatic nitrogens is 2. The lowest BCUT2D eigenvalue weighted by molar-refractivity contribution is 0.314. The summed E-state index contributed by atoms with van der Waals surface area (Å²) in [4.78, 5) is 12.8. The third kappa shape index (κ3) is 4.36. The molecule has 0 radical (unpaired) electrons. The van der Waals surface area contributed by atoms with Gasteiger partial charge >= 0.3 is 6.01 Å². The Labute approximate surface area is 138 Å². The normalized spacial score (nSPS) is 10.7. The molecule has 0 saturated carbocycles. The third-order valence-electron chi connectivity index (χ3n) is 3.16. The predicted molar refractivity (Wildman–Crippen MR) is 90.4 cm³/mol. The predicted octanol–water partition coefficient (Wildman–Crippen LogP) is 3.64. The van der Waals surface area contributed by atoms with Crippen molar-refractivity contribution < 1.29 is 9.23 Å². The van der Waals surface area contributed by atoms with Gasteiger partial charge in [-0.2, -0.15) is 9.97 Å². The molecule has 5 nitrogen and oxygen atoms in total. The van der Waals surface area contributed by atoms with E-state index < -0.39 is 5.82 Å². The molecule has 0 bridgehead atoms. The topological polar surface area (TPSA) is 59.4 Å². The summed E-state index contributed by atoms with van der Waals surface area (Å²) in [6.45, 7) is 0.446. The van der Waals surface area contributed by atoms with Gasteiger partial charge in [0.2, 0.25) is 0 Å². The van der Waals surface area contributed by atoms with Gasteiger partial charge in [-0.05, 0) is 11.1 Å². The number of nitrogens with zero attached hydrogens (tertiary/aromatic N) is 3. The molecule has 0 aliphatic carbocycles. The largest absolute Gasteiger partial charge is 0.363 e. The molecule has 3 aromatic rings. The Balaban J connectivity index is 1.64. The van der Waals surface area contributed by atoms with E-state index in [-0.39, 0.29) is 11.8 Å². The van der Waals surface area contributed by atoms with Crippen molar-refractivity contribution in [1.29, 1.82) is 0 Å². The van der Waals surface area contributed by atoms with Crippen LogP contribution in [0.5, 0.6) is 6.01 Å². The molecule has 0 unspecified atom stereocenters. The average molecular weight is 322 g/mol. The van der Waals surface area contributed by atoms with E-state index in [9.17, 15) is 4.39 Å². The maximum absolute atomic E-state index is 13.8. The Bertz CT molecular complexity index is 810. The number of hydrogen-bond acceptors (Lipinski definition) is 5. The highest BCUT2D eigenvalue weighted by molar-refractivity contribution is 5.78. The van der Waals surface area contributed by atoms with Crippen molar-refractivity contribution in [2.75, 3.05) is 5.32 Å². The van der Waals surface area contributed by atoms with Crippen LogP contribution >= 0.6 is 0 Å². The van der Waals surface area contributed by atoms with Gasteiger partial charge < -0.3 is 10.2 Å². The van der Waals surface area contributed by atoms with E-state index in [1.54, 1.807) is 0 Å². The summed E-state index contributed by atoms with van der Waals surface area (Å²) >= 11 is 0. The highest BCUT2D eigenvalue weighted by Crippen LogP contribution is 2.14. The monoisotopic (exact) mass is 322 g/mol. The molecule has 1 heterocycles. The first-order chi connectivity index (χ1) is 11.8. The van der Waals surface area contributed by atoms with Crippen molar-refractivity contribution >= 4 is 12.0 Å². The molecule has 0 saturated heterocycles. The van der Waals surface area contributed by atoms with Gasteiger partial charge in [-0.1, -0.05) is 65.8 Å². The second-order valence-corrected chi connectivity index (χ2v) is 4.92. The van der Waals surface area contributed by atoms with Crippen LogP contribution in [0.4, 0.5) is 10.2 Å². The summed E-state index contributed by atoms with van der Waals surface area (Å²) in [6.07, 6.45) is 2.58. The van der Waals surface area contributed by atoms with E-state index in [1.165, 1.54) is 6.21 Å². The van der Waals surface area contributed by atoms with E-state index in [0.29, 0.717) is 6.54 Å². The minimum Gasteiger partial charge on any atom is -0.363 e. The maximum Gasteiger partial charge on any atom is 0.347 e. The van der Waals surface area contributed by atoms with Gasteiger partial charge in [0.25, 0.3) is 0 Å². The molecule has 0 amide bonds. The second-order valence-electron chi connectivity index (χ2n) is 4.92. The van der Waals surface area contributed by atoms with Crippen molar-refractivity contribution in [1.82, 2.24) is 9.97 Å². The van der Waals surface area contributed by atoms with Crippen molar-refractivity contribution in [2.24, 2.45) is 5.16 Å². The quantitative estimate of drug-likeness (QED) is 0.556. The average Bonchev–Trinajstić information content (AvgIpc) is 2.64. The van der Waals surface area contributed by atoms with Crippen molar-refractivity contribution in [3.63, 3.8) is 0 Å². The lowest BCUT2D eigenvalue weighted by atomic mass is 10.2. The number of rotatable bonds is 6. The van der Waals surface area contributed by atoms with Gasteiger partial charge in [0.15, 0.2) is 11.6 Å². The van der Waals surface area contributed by atoms with Gasteiger partial charge in [0.05, 0.1) is 12.4 Å². The van der Waals surface area contributed by atoms with Gasteiger partial charge in [-0.3, -0.25) is 0 Å². The molecule has 24 heavy (non-hydrogen) atoms. The second kappa shape index (κ2) is 7.82. The fourth-order valence-electron chi connectivity index (χ4n) is 1.97. The minimum absolute atomic E-state index is 0.0286. The first kappa shape index (κ1) is 15.6. The van der Waals surface area contributed by atoms with Crippen LogP contribution in [0.2, 0.25) is 0 Å². The summed E-state index contributed by atoms with van der Waals surface area (Å²) in [7, 11) is 0. The highest BCUT2D eigenvalue weighted by Gasteiger charge is 2.07. The fourth-order valence-corrected chi connectivity index (χ4v) is 1.97. The zero-order valence-electron chi connectivity index (χ0n) is 12.8. The molecule has 1 aromatic heterocycles. The molecule has 0 atom stereocenters. The summed E-state index contributed by atoms with van der Waals surface area (Å²) < 4.78 is 13.8. The Morgan fingerprint density at radius 3 is 2.50 bits per heavy atom. The van der Waals surface area contributed by atoms with Crippen LogP contribution in [-0.4, -0.2) is 16.2 Å². The van der Waals surface area contributed by atoms with Crippen LogP contribution in [0, 0.1) is 5.82 Å². The van der Waals surface area contributed by atoms with Crippen molar-refractivity contribution in [2.45, 2.75) is 6.54 Å². The minimum atomic E-state index is -0.551. The summed E-state index contributed by atoms with van der Waals surface area (Å²) in [6, 6.07) is 19.1. The molecular weight excluding hydrogens is 307 g/mol. The molecule has 3 rings (SSSR count). The van der Waals surface area contributed by atoms with Crippen LogP contribution in [0.1, 0.15) is 11.1 Å². The molecule has 6 heteroatoms. The highest BCUT2D eigenvalue weighted by atomic mass is 19.1. The van der Waals surface area contributed by atoms with E-state index in [4.69, 9.17) is 4.84 Å². The van der Waals surface area contributed by atoms with Crippen molar-refractivity contribution in [3.8, 4) is 6.01 Å². The zero-order chi connectivity index (χ0) is 16.6. The summed E-state index contributed by atoms with van der Waals surface area (Å²) in [5, 5.41) is 6.72. The van der Waals surface area contributed by atoms with E-state index in [2.05, 4.69) is 20.4 Å². The maximum atomic E-state index is 13.8.